The fourth-order valence-corrected chi connectivity index (χ4v) is 1.78. The van der Waals surface area contributed by atoms with Crippen molar-refractivity contribution in [2.75, 3.05) is 5.73 Å². The molecule has 2 rings (SSSR count). The van der Waals surface area contributed by atoms with Crippen LogP contribution in [0.1, 0.15) is 5.56 Å². The van der Waals surface area contributed by atoms with E-state index in [2.05, 4.69) is 0 Å². The summed E-state index contributed by atoms with van der Waals surface area (Å²) >= 11 is 5.76. The van der Waals surface area contributed by atoms with Crippen LogP contribution in [-0.4, -0.2) is 6.29 Å². The Morgan fingerprint density at radius 3 is 2.58 bits per heavy atom. The molecule has 0 aliphatic heterocycles. The van der Waals surface area contributed by atoms with Crippen LogP contribution in [0.4, 0.5) is 10.1 Å². The van der Waals surface area contributed by atoms with Gasteiger partial charge in [0.05, 0.1) is 0 Å². The summed E-state index contributed by atoms with van der Waals surface area (Å²) in [4.78, 5) is 10.6. The average Bonchev–Trinajstić information content (AvgIpc) is 2.36. The van der Waals surface area contributed by atoms with Crippen LogP contribution in [0, 0.1) is 5.82 Å². The van der Waals surface area contributed by atoms with Crippen LogP contribution in [0.5, 0.6) is 11.5 Å². The highest BCUT2D eigenvalue weighted by molar-refractivity contribution is 6.30. The van der Waals surface area contributed by atoms with Crippen molar-refractivity contribution < 1.29 is 13.9 Å². The second-order valence-corrected chi connectivity index (χ2v) is 4.33. The van der Waals surface area contributed by atoms with Gasteiger partial charge in [0.25, 0.3) is 0 Å². The van der Waals surface area contributed by atoms with Crippen molar-refractivity contribution in [2.45, 2.75) is 6.42 Å². The Morgan fingerprint density at radius 2 is 1.95 bits per heavy atom. The number of hydrogen-bond donors (Lipinski definition) is 1. The molecule has 2 N–H and O–H groups in total. The predicted molar refractivity (Wildman–Crippen MR) is 72.1 cm³/mol. The molecular formula is C14H11ClFNO2. The molecule has 0 saturated carbocycles. The Labute approximate surface area is 114 Å². The summed E-state index contributed by atoms with van der Waals surface area (Å²) in [5.74, 6) is 0.199. The van der Waals surface area contributed by atoms with Gasteiger partial charge in [0.15, 0.2) is 0 Å². The SMILES string of the molecule is Nc1cc(F)cc(Oc2ccc(Cl)cc2)c1CC=O. The second-order valence-electron chi connectivity index (χ2n) is 3.90. The van der Waals surface area contributed by atoms with Gasteiger partial charge in [-0.1, -0.05) is 11.6 Å². The minimum absolute atomic E-state index is 0.0645. The molecule has 0 amide bonds. The van der Waals surface area contributed by atoms with Crippen LogP contribution in [0.25, 0.3) is 0 Å². The molecule has 19 heavy (non-hydrogen) atoms. The molecule has 0 bridgehead atoms. The number of rotatable bonds is 4. The molecule has 0 aromatic heterocycles. The molecule has 0 unspecified atom stereocenters. The summed E-state index contributed by atoms with van der Waals surface area (Å²) < 4.78 is 18.9. The third-order valence-corrected chi connectivity index (χ3v) is 2.79. The molecule has 0 radical (unpaired) electrons. The van der Waals surface area contributed by atoms with Crippen molar-refractivity contribution in [1.82, 2.24) is 0 Å². The Bertz CT molecular complexity index is 599. The molecule has 98 valence electrons. The predicted octanol–water partition coefficient (Wildman–Crippen LogP) is 3.60. The lowest BCUT2D eigenvalue weighted by molar-refractivity contribution is -0.107. The molecule has 0 atom stereocenters. The van der Waals surface area contributed by atoms with E-state index >= 15 is 0 Å². The van der Waals surface area contributed by atoms with Crippen LogP contribution in [0.15, 0.2) is 36.4 Å². The number of carbonyl (C=O) groups is 1. The van der Waals surface area contributed by atoms with Crippen molar-refractivity contribution in [3.8, 4) is 11.5 Å². The van der Waals surface area contributed by atoms with Crippen LogP contribution in [0.2, 0.25) is 5.02 Å². The van der Waals surface area contributed by atoms with Crippen molar-refractivity contribution in [1.29, 1.82) is 0 Å². The van der Waals surface area contributed by atoms with Crippen LogP contribution >= 0.6 is 11.6 Å². The van der Waals surface area contributed by atoms with Gasteiger partial charge in [-0.25, -0.2) is 4.39 Å². The third kappa shape index (κ3) is 3.23. The fourth-order valence-electron chi connectivity index (χ4n) is 1.65. The van der Waals surface area contributed by atoms with Gasteiger partial charge < -0.3 is 15.3 Å². The number of nitrogen functional groups attached to an aromatic ring is 1. The topological polar surface area (TPSA) is 52.3 Å². The number of ether oxygens (including phenoxy) is 1. The van der Waals surface area contributed by atoms with E-state index < -0.39 is 5.82 Å². The summed E-state index contributed by atoms with van der Waals surface area (Å²) in [6.07, 6.45) is 0.757. The van der Waals surface area contributed by atoms with Gasteiger partial charge >= 0.3 is 0 Å². The summed E-state index contributed by atoms with van der Waals surface area (Å²) in [6, 6.07) is 8.96. The van der Waals surface area contributed by atoms with Gasteiger partial charge in [0.1, 0.15) is 23.6 Å². The van der Waals surface area contributed by atoms with E-state index in [9.17, 15) is 9.18 Å². The molecule has 0 aliphatic carbocycles. The van der Waals surface area contributed by atoms with E-state index in [0.29, 0.717) is 22.6 Å². The number of anilines is 1. The highest BCUT2D eigenvalue weighted by atomic mass is 35.5. The summed E-state index contributed by atoms with van der Waals surface area (Å²) in [5, 5.41) is 0.569. The maximum atomic E-state index is 13.3. The Kier molecular flexibility index (Phi) is 4.02. The standard InChI is InChI=1S/C14H11ClFNO2/c15-9-1-3-11(4-2-9)19-14-8-10(16)7-13(17)12(14)5-6-18/h1-4,6-8H,5,17H2. The van der Waals surface area contributed by atoms with Gasteiger partial charge in [0, 0.05) is 28.8 Å². The van der Waals surface area contributed by atoms with E-state index in [1.807, 2.05) is 0 Å². The monoisotopic (exact) mass is 279 g/mol. The maximum absolute atomic E-state index is 13.3. The Hall–Kier alpha value is -2.07. The van der Waals surface area contributed by atoms with E-state index in [0.717, 1.165) is 6.07 Å². The van der Waals surface area contributed by atoms with Gasteiger partial charge in [-0.2, -0.15) is 0 Å². The van der Waals surface area contributed by atoms with Crippen molar-refractivity contribution in [2.24, 2.45) is 0 Å². The number of carbonyl (C=O) groups excluding carboxylic acids is 1. The zero-order valence-corrected chi connectivity index (χ0v) is 10.7. The molecule has 5 heteroatoms. The summed E-state index contributed by atoms with van der Waals surface area (Å²) in [7, 11) is 0. The van der Waals surface area contributed by atoms with Crippen LogP contribution in [0.3, 0.4) is 0 Å². The lowest BCUT2D eigenvalue weighted by Crippen LogP contribution is -2.00. The molecule has 0 spiro atoms. The number of benzene rings is 2. The fraction of sp³-hybridized carbons (Fsp3) is 0.0714. The van der Waals surface area contributed by atoms with Crippen molar-refractivity contribution in [3.63, 3.8) is 0 Å². The van der Waals surface area contributed by atoms with E-state index in [1.165, 1.54) is 6.07 Å². The van der Waals surface area contributed by atoms with Crippen molar-refractivity contribution in [3.05, 3.63) is 52.8 Å². The highest BCUT2D eigenvalue weighted by Crippen LogP contribution is 2.31. The van der Waals surface area contributed by atoms with Gasteiger partial charge in [-0.05, 0) is 30.3 Å². The third-order valence-electron chi connectivity index (χ3n) is 2.54. The Balaban J connectivity index is 2.37. The molecule has 3 nitrogen and oxygen atoms in total. The Morgan fingerprint density at radius 1 is 1.26 bits per heavy atom. The van der Waals surface area contributed by atoms with Crippen molar-refractivity contribution >= 4 is 23.6 Å². The molecule has 2 aromatic rings. The zero-order chi connectivity index (χ0) is 13.8. The molecular weight excluding hydrogens is 269 g/mol. The first-order valence-electron chi connectivity index (χ1n) is 5.55. The molecule has 0 saturated heterocycles. The molecule has 2 aromatic carbocycles. The van der Waals surface area contributed by atoms with Gasteiger partial charge in [0.2, 0.25) is 0 Å². The average molecular weight is 280 g/mol. The van der Waals surface area contributed by atoms with E-state index in [1.54, 1.807) is 24.3 Å². The molecule has 0 heterocycles. The number of hydrogen-bond acceptors (Lipinski definition) is 3. The zero-order valence-electron chi connectivity index (χ0n) is 9.90. The number of halogens is 2. The molecule has 0 fully saturated rings. The summed E-state index contributed by atoms with van der Waals surface area (Å²) in [5.41, 5.74) is 6.34. The first kappa shape index (κ1) is 13.4. The van der Waals surface area contributed by atoms with Gasteiger partial charge in [-0.15, -0.1) is 0 Å². The quantitative estimate of drug-likeness (QED) is 0.687. The number of aldehydes is 1. The smallest absolute Gasteiger partial charge is 0.136 e. The van der Waals surface area contributed by atoms with E-state index in [-0.39, 0.29) is 17.9 Å². The number of nitrogens with two attached hydrogens (primary N) is 1. The van der Waals surface area contributed by atoms with E-state index in [4.69, 9.17) is 22.1 Å². The largest absolute Gasteiger partial charge is 0.457 e. The minimum Gasteiger partial charge on any atom is -0.457 e. The molecule has 0 aliphatic rings. The summed E-state index contributed by atoms with van der Waals surface area (Å²) in [6.45, 7) is 0. The highest BCUT2D eigenvalue weighted by Gasteiger charge is 2.11. The first-order chi connectivity index (χ1) is 9.10. The van der Waals surface area contributed by atoms with Gasteiger partial charge in [-0.3, -0.25) is 0 Å². The lowest BCUT2D eigenvalue weighted by Gasteiger charge is -2.12. The lowest BCUT2D eigenvalue weighted by atomic mass is 10.1. The van der Waals surface area contributed by atoms with Crippen LogP contribution in [-0.2, 0) is 11.2 Å². The maximum Gasteiger partial charge on any atom is 0.136 e. The normalized spacial score (nSPS) is 10.2. The first-order valence-corrected chi connectivity index (χ1v) is 5.93. The minimum atomic E-state index is -0.517. The second kappa shape index (κ2) is 5.71. The van der Waals surface area contributed by atoms with Crippen LogP contribution < -0.4 is 10.5 Å².